The van der Waals surface area contributed by atoms with Gasteiger partial charge in [0.05, 0.1) is 0 Å². The van der Waals surface area contributed by atoms with E-state index in [2.05, 4.69) is 16.9 Å². The first kappa shape index (κ1) is 17.5. The fourth-order valence-electron chi connectivity index (χ4n) is 3.24. The summed E-state index contributed by atoms with van der Waals surface area (Å²) >= 11 is 1.32. The summed E-state index contributed by atoms with van der Waals surface area (Å²) in [5.41, 5.74) is 3.46. The molecule has 138 valence electrons. The molecule has 0 saturated heterocycles. The molecule has 3 aromatic rings. The number of thiazole rings is 1. The van der Waals surface area contributed by atoms with Gasteiger partial charge in [-0.1, -0.05) is 6.08 Å². The molecule has 1 aliphatic carbocycles. The Balaban J connectivity index is 1.54. The number of nitrogens with zero attached hydrogens (tertiary/aromatic N) is 1. The first-order valence-electron chi connectivity index (χ1n) is 8.70. The normalized spacial score (nSPS) is 12.7. The van der Waals surface area contributed by atoms with Crippen LogP contribution >= 0.6 is 11.3 Å². The molecule has 2 heterocycles. The van der Waals surface area contributed by atoms with E-state index < -0.39 is 11.6 Å². The monoisotopic (exact) mass is 382 g/mol. The lowest BCUT2D eigenvalue weighted by Crippen LogP contribution is -2.09. The third-order valence-corrected chi connectivity index (χ3v) is 5.31. The third-order valence-electron chi connectivity index (χ3n) is 4.51. The molecule has 6 nitrogen and oxygen atoms in total. The zero-order valence-corrected chi connectivity index (χ0v) is 15.4. The molecular weight excluding hydrogens is 364 g/mol. The van der Waals surface area contributed by atoms with E-state index in [4.69, 9.17) is 9.15 Å². The van der Waals surface area contributed by atoms with Crippen molar-refractivity contribution in [2.24, 2.45) is 0 Å². The van der Waals surface area contributed by atoms with Crippen molar-refractivity contribution in [1.29, 1.82) is 0 Å². The average molecular weight is 382 g/mol. The maximum absolute atomic E-state index is 12.3. The van der Waals surface area contributed by atoms with E-state index in [1.807, 2.05) is 12.1 Å². The second-order valence-corrected chi connectivity index (χ2v) is 7.20. The predicted octanol–water partition coefficient (Wildman–Crippen LogP) is 3.69. The fraction of sp³-hybridized carbons (Fsp3) is 0.250. The SMILES string of the molecule is C=CCNc1nc(C(=O)OCc2cc(=O)oc3cc4c(cc23)CCC4)cs1. The van der Waals surface area contributed by atoms with Crippen molar-refractivity contribution in [3.8, 4) is 0 Å². The van der Waals surface area contributed by atoms with Crippen LogP contribution in [0.5, 0.6) is 0 Å². The van der Waals surface area contributed by atoms with Gasteiger partial charge >= 0.3 is 11.6 Å². The van der Waals surface area contributed by atoms with E-state index in [9.17, 15) is 9.59 Å². The van der Waals surface area contributed by atoms with E-state index in [1.54, 1.807) is 11.5 Å². The summed E-state index contributed by atoms with van der Waals surface area (Å²) in [6.07, 6.45) is 4.83. The molecule has 0 fully saturated rings. The summed E-state index contributed by atoms with van der Waals surface area (Å²) in [6, 6.07) is 5.36. The summed E-state index contributed by atoms with van der Waals surface area (Å²) in [6.45, 7) is 4.18. The Morgan fingerprint density at radius 1 is 1.33 bits per heavy atom. The molecule has 0 spiro atoms. The number of nitrogens with one attached hydrogen (secondary N) is 1. The van der Waals surface area contributed by atoms with Gasteiger partial charge in [-0.2, -0.15) is 0 Å². The van der Waals surface area contributed by atoms with Crippen LogP contribution in [0.15, 0.2) is 45.4 Å². The summed E-state index contributed by atoms with van der Waals surface area (Å²) in [5.74, 6) is -0.527. The summed E-state index contributed by atoms with van der Waals surface area (Å²) in [7, 11) is 0. The highest BCUT2D eigenvalue weighted by Gasteiger charge is 2.17. The minimum absolute atomic E-state index is 0.00728. The first-order valence-corrected chi connectivity index (χ1v) is 9.58. The number of carbonyl (C=O) groups is 1. The molecule has 4 rings (SSSR count). The summed E-state index contributed by atoms with van der Waals surface area (Å²) in [5, 5.41) is 6.11. The highest BCUT2D eigenvalue weighted by Crippen LogP contribution is 2.29. The van der Waals surface area contributed by atoms with Crippen LogP contribution in [0.25, 0.3) is 11.0 Å². The quantitative estimate of drug-likeness (QED) is 0.398. The largest absolute Gasteiger partial charge is 0.456 e. The van der Waals surface area contributed by atoms with Crippen molar-refractivity contribution in [3.05, 3.63) is 69.0 Å². The molecule has 1 aromatic carbocycles. The number of fused-ring (bicyclic) bond motifs is 2. The van der Waals surface area contributed by atoms with Crippen molar-refractivity contribution >= 4 is 33.4 Å². The van der Waals surface area contributed by atoms with E-state index in [1.165, 1.54) is 28.5 Å². The fourth-order valence-corrected chi connectivity index (χ4v) is 3.93. The third kappa shape index (κ3) is 3.64. The van der Waals surface area contributed by atoms with Crippen LogP contribution in [0.4, 0.5) is 5.13 Å². The highest BCUT2D eigenvalue weighted by atomic mass is 32.1. The van der Waals surface area contributed by atoms with Gasteiger partial charge in [-0.25, -0.2) is 14.6 Å². The molecule has 0 saturated carbocycles. The van der Waals surface area contributed by atoms with E-state index in [0.29, 0.717) is 22.8 Å². The zero-order valence-electron chi connectivity index (χ0n) is 14.6. The predicted molar refractivity (Wildman–Crippen MR) is 104 cm³/mol. The molecule has 0 aliphatic heterocycles. The number of hydrogen-bond acceptors (Lipinski definition) is 7. The summed E-state index contributed by atoms with van der Waals surface area (Å²) < 4.78 is 10.7. The topological polar surface area (TPSA) is 81.4 Å². The molecule has 27 heavy (non-hydrogen) atoms. The Hall–Kier alpha value is -2.93. The Morgan fingerprint density at radius 3 is 2.96 bits per heavy atom. The second kappa shape index (κ2) is 7.36. The van der Waals surface area contributed by atoms with Crippen LogP contribution in [-0.2, 0) is 24.2 Å². The number of esters is 1. The number of aryl methyl sites for hydroxylation is 2. The lowest BCUT2D eigenvalue weighted by atomic mass is 10.0. The van der Waals surface area contributed by atoms with Gasteiger partial charge in [0.1, 0.15) is 12.2 Å². The maximum Gasteiger partial charge on any atom is 0.358 e. The Bertz CT molecular complexity index is 1080. The number of ether oxygens (including phenoxy) is 1. The van der Waals surface area contributed by atoms with Gasteiger partial charge in [0.2, 0.25) is 0 Å². The lowest BCUT2D eigenvalue weighted by Gasteiger charge is -2.08. The van der Waals surface area contributed by atoms with Gasteiger partial charge in [-0.3, -0.25) is 0 Å². The van der Waals surface area contributed by atoms with Gasteiger partial charge in [-0.15, -0.1) is 17.9 Å². The molecule has 0 amide bonds. The molecule has 2 aromatic heterocycles. The van der Waals surface area contributed by atoms with E-state index >= 15 is 0 Å². The van der Waals surface area contributed by atoms with Crippen LogP contribution in [0.3, 0.4) is 0 Å². The van der Waals surface area contributed by atoms with Gasteiger partial charge in [-0.05, 0) is 42.5 Å². The number of hydrogen-bond donors (Lipinski definition) is 1. The molecule has 0 radical (unpaired) electrons. The van der Waals surface area contributed by atoms with Crippen molar-refractivity contribution in [1.82, 2.24) is 4.98 Å². The molecule has 7 heteroatoms. The van der Waals surface area contributed by atoms with Gasteiger partial charge in [0.25, 0.3) is 0 Å². The van der Waals surface area contributed by atoms with Crippen LogP contribution in [-0.4, -0.2) is 17.5 Å². The van der Waals surface area contributed by atoms with Crippen molar-refractivity contribution < 1.29 is 13.9 Å². The lowest BCUT2D eigenvalue weighted by molar-refractivity contribution is 0.0468. The van der Waals surface area contributed by atoms with Crippen LogP contribution in [0.1, 0.15) is 33.6 Å². The molecule has 0 unspecified atom stereocenters. The van der Waals surface area contributed by atoms with Gasteiger partial charge in [0.15, 0.2) is 10.8 Å². The number of aromatic nitrogens is 1. The summed E-state index contributed by atoms with van der Waals surface area (Å²) in [4.78, 5) is 28.4. The van der Waals surface area contributed by atoms with Gasteiger partial charge in [0, 0.05) is 28.9 Å². The minimum atomic E-state index is -0.527. The van der Waals surface area contributed by atoms with E-state index in [0.717, 1.165) is 24.6 Å². The second-order valence-electron chi connectivity index (χ2n) is 6.34. The number of carbonyl (C=O) groups excluding carboxylic acids is 1. The van der Waals surface area contributed by atoms with Crippen molar-refractivity contribution in [2.75, 3.05) is 11.9 Å². The Labute approximate surface area is 159 Å². The minimum Gasteiger partial charge on any atom is -0.456 e. The smallest absolute Gasteiger partial charge is 0.358 e. The van der Waals surface area contributed by atoms with Crippen LogP contribution in [0, 0.1) is 0 Å². The number of anilines is 1. The first-order chi connectivity index (χ1) is 13.1. The van der Waals surface area contributed by atoms with E-state index in [-0.39, 0.29) is 12.3 Å². The molecule has 1 N–H and O–H groups in total. The van der Waals surface area contributed by atoms with Crippen molar-refractivity contribution in [2.45, 2.75) is 25.9 Å². The molecule has 0 atom stereocenters. The molecule has 1 aliphatic rings. The van der Waals surface area contributed by atoms with Crippen LogP contribution in [0.2, 0.25) is 0 Å². The maximum atomic E-state index is 12.3. The molecule has 0 bridgehead atoms. The highest BCUT2D eigenvalue weighted by molar-refractivity contribution is 7.13. The Morgan fingerprint density at radius 2 is 2.15 bits per heavy atom. The molecular formula is C20H18N2O4S. The standard InChI is InChI=1S/C20H18N2O4S/c1-2-6-21-20-22-16(11-27-20)19(24)25-10-14-9-18(23)26-17-8-13-5-3-4-12(13)7-15(14)17/h2,7-9,11H,1,3-6,10H2,(H,21,22). The Kier molecular flexibility index (Phi) is 4.77. The zero-order chi connectivity index (χ0) is 18.8. The number of benzene rings is 1. The van der Waals surface area contributed by atoms with Crippen molar-refractivity contribution in [3.63, 3.8) is 0 Å². The van der Waals surface area contributed by atoms with Gasteiger partial charge < -0.3 is 14.5 Å². The average Bonchev–Trinajstić information content (AvgIpc) is 3.31. The number of rotatable bonds is 6. The van der Waals surface area contributed by atoms with Crippen LogP contribution < -0.4 is 10.9 Å².